The number of ether oxygens (including phenoxy) is 1. The fourth-order valence-electron chi connectivity index (χ4n) is 2.62. The second kappa shape index (κ2) is 6.06. The number of carbonyl (C=O) groups excluding carboxylic acids is 1. The summed E-state index contributed by atoms with van der Waals surface area (Å²) in [5.74, 6) is -0.0121. The van der Waals surface area contributed by atoms with Gasteiger partial charge in [0.15, 0.2) is 5.15 Å². The van der Waals surface area contributed by atoms with E-state index in [-0.39, 0.29) is 5.91 Å². The molecule has 116 valence electrons. The Balaban J connectivity index is 2.11. The molecule has 3 rings (SSSR count). The molecule has 1 saturated heterocycles. The summed E-state index contributed by atoms with van der Waals surface area (Å²) in [5.41, 5.74) is 2.10. The average Bonchev–Trinajstić information content (AvgIpc) is 2.57. The fraction of sp³-hybridized carbons (Fsp3) is 0.400. The van der Waals surface area contributed by atoms with Crippen LogP contribution in [0.3, 0.4) is 0 Å². The van der Waals surface area contributed by atoms with Crippen LogP contribution in [-0.2, 0) is 4.74 Å². The minimum atomic E-state index is -0.0121. The number of nitrogens with zero attached hydrogens (tertiary/aromatic N) is 3. The summed E-state index contributed by atoms with van der Waals surface area (Å²) in [7, 11) is 1.78. The van der Waals surface area contributed by atoms with E-state index in [1.54, 1.807) is 11.9 Å². The van der Waals surface area contributed by atoms with Gasteiger partial charge < -0.3 is 15.0 Å². The Hall–Kier alpha value is -1.92. The van der Waals surface area contributed by atoms with Gasteiger partial charge in [-0.2, -0.15) is 5.10 Å². The smallest absolute Gasteiger partial charge is 0.256 e. The van der Waals surface area contributed by atoms with Crippen LogP contribution >= 0.6 is 11.6 Å². The molecule has 1 aliphatic heterocycles. The molecule has 1 aromatic heterocycles. The molecular formula is C15H17ClN4O2. The number of hydrogen-bond acceptors (Lipinski definition) is 5. The lowest BCUT2D eigenvalue weighted by atomic mass is 10.0. The summed E-state index contributed by atoms with van der Waals surface area (Å²) in [5, 5.41) is 13.0. The molecule has 0 saturated carbocycles. The monoisotopic (exact) mass is 320 g/mol. The van der Waals surface area contributed by atoms with Gasteiger partial charge in [0, 0.05) is 36.6 Å². The van der Waals surface area contributed by atoms with Crippen molar-refractivity contribution >= 4 is 34.0 Å². The highest BCUT2D eigenvalue weighted by Crippen LogP contribution is 2.30. The largest absolute Gasteiger partial charge is 0.387 e. The van der Waals surface area contributed by atoms with Crippen LogP contribution in [0, 0.1) is 6.92 Å². The van der Waals surface area contributed by atoms with Crippen LogP contribution in [0.15, 0.2) is 12.1 Å². The van der Waals surface area contributed by atoms with Gasteiger partial charge in [0.1, 0.15) is 0 Å². The summed E-state index contributed by atoms with van der Waals surface area (Å²) in [4.78, 5) is 14.6. The van der Waals surface area contributed by atoms with Gasteiger partial charge in [-0.3, -0.25) is 4.79 Å². The third kappa shape index (κ3) is 2.60. The average molecular weight is 321 g/mol. The zero-order chi connectivity index (χ0) is 15.7. The van der Waals surface area contributed by atoms with E-state index in [1.807, 2.05) is 19.1 Å². The Morgan fingerprint density at radius 1 is 1.27 bits per heavy atom. The fourth-order valence-corrected chi connectivity index (χ4v) is 2.81. The van der Waals surface area contributed by atoms with Gasteiger partial charge in [0.05, 0.1) is 24.5 Å². The molecule has 0 aliphatic carbocycles. The third-order valence-electron chi connectivity index (χ3n) is 3.86. The van der Waals surface area contributed by atoms with Crippen molar-refractivity contribution < 1.29 is 9.53 Å². The van der Waals surface area contributed by atoms with E-state index in [1.165, 1.54) is 0 Å². The normalized spacial score (nSPS) is 15.1. The summed E-state index contributed by atoms with van der Waals surface area (Å²) in [6.07, 6.45) is 0. The first-order chi connectivity index (χ1) is 10.6. The maximum atomic E-state index is 12.8. The number of hydrogen-bond donors (Lipinski definition) is 1. The van der Waals surface area contributed by atoms with Crippen molar-refractivity contribution in [2.75, 3.05) is 38.7 Å². The predicted molar refractivity (Wildman–Crippen MR) is 85.6 cm³/mol. The molecule has 1 fully saturated rings. The number of halogens is 1. The van der Waals surface area contributed by atoms with Crippen molar-refractivity contribution in [1.29, 1.82) is 0 Å². The van der Waals surface area contributed by atoms with Crippen LogP contribution in [0.25, 0.3) is 10.8 Å². The molecule has 0 spiro atoms. The summed E-state index contributed by atoms with van der Waals surface area (Å²) < 4.78 is 5.30. The summed E-state index contributed by atoms with van der Waals surface area (Å²) in [6.45, 7) is 4.21. The quantitative estimate of drug-likeness (QED) is 0.918. The molecule has 0 atom stereocenters. The Labute approximate surface area is 133 Å². The maximum Gasteiger partial charge on any atom is 0.256 e. The van der Waals surface area contributed by atoms with Crippen LogP contribution in [0.4, 0.5) is 5.69 Å². The SMILES string of the molecule is CNc1cc2c(Cl)nnc(C)c2cc1C(=O)N1CCOCC1. The number of morpholine rings is 1. The van der Waals surface area contributed by atoms with Crippen LogP contribution in [0.1, 0.15) is 16.1 Å². The number of anilines is 1. The third-order valence-corrected chi connectivity index (χ3v) is 4.13. The standard InChI is InChI=1S/C15H17ClN4O2/c1-9-10-7-12(15(21)20-3-5-22-6-4-20)13(17-2)8-11(10)14(16)19-18-9/h7-8,17H,3-6H2,1-2H3. The maximum absolute atomic E-state index is 12.8. The van der Waals surface area contributed by atoms with E-state index in [0.717, 1.165) is 22.2 Å². The molecule has 7 heteroatoms. The molecule has 1 aliphatic rings. The second-order valence-corrected chi connectivity index (χ2v) is 5.53. The predicted octanol–water partition coefficient (Wildman–Crippen LogP) is 2.11. The number of nitrogens with one attached hydrogen (secondary N) is 1. The highest BCUT2D eigenvalue weighted by atomic mass is 35.5. The van der Waals surface area contributed by atoms with Crippen LogP contribution < -0.4 is 5.32 Å². The minimum Gasteiger partial charge on any atom is -0.387 e. The van der Waals surface area contributed by atoms with E-state index >= 15 is 0 Å². The highest BCUT2D eigenvalue weighted by molar-refractivity contribution is 6.34. The molecule has 1 N–H and O–H groups in total. The van der Waals surface area contributed by atoms with Crippen molar-refractivity contribution in [3.05, 3.63) is 28.5 Å². The van der Waals surface area contributed by atoms with E-state index in [2.05, 4.69) is 15.5 Å². The van der Waals surface area contributed by atoms with Gasteiger partial charge >= 0.3 is 0 Å². The number of aromatic nitrogens is 2. The van der Waals surface area contributed by atoms with Gasteiger partial charge in [0.25, 0.3) is 5.91 Å². The lowest BCUT2D eigenvalue weighted by Crippen LogP contribution is -2.40. The van der Waals surface area contributed by atoms with Crippen molar-refractivity contribution in [2.45, 2.75) is 6.92 Å². The van der Waals surface area contributed by atoms with Crippen LogP contribution in [-0.4, -0.2) is 54.4 Å². The number of rotatable bonds is 2. The first kappa shape index (κ1) is 15.0. The molecule has 2 heterocycles. The second-order valence-electron chi connectivity index (χ2n) is 5.17. The number of fused-ring (bicyclic) bond motifs is 1. The summed E-state index contributed by atoms with van der Waals surface area (Å²) >= 11 is 6.13. The summed E-state index contributed by atoms with van der Waals surface area (Å²) in [6, 6.07) is 3.70. The van der Waals surface area contributed by atoms with Gasteiger partial charge in [0.2, 0.25) is 0 Å². The lowest BCUT2D eigenvalue weighted by molar-refractivity contribution is 0.0303. The van der Waals surface area contributed by atoms with E-state index < -0.39 is 0 Å². The number of aryl methyl sites for hydroxylation is 1. The van der Waals surface area contributed by atoms with E-state index in [4.69, 9.17) is 16.3 Å². The Kier molecular flexibility index (Phi) is 4.13. The van der Waals surface area contributed by atoms with Gasteiger partial charge in [-0.25, -0.2) is 0 Å². The molecule has 22 heavy (non-hydrogen) atoms. The molecule has 0 bridgehead atoms. The zero-order valence-electron chi connectivity index (χ0n) is 12.5. The number of benzene rings is 1. The highest BCUT2D eigenvalue weighted by Gasteiger charge is 2.22. The minimum absolute atomic E-state index is 0.0121. The van der Waals surface area contributed by atoms with Crippen LogP contribution in [0.2, 0.25) is 5.15 Å². The molecule has 6 nitrogen and oxygen atoms in total. The van der Waals surface area contributed by atoms with Crippen molar-refractivity contribution in [3.63, 3.8) is 0 Å². The number of amides is 1. The Bertz CT molecular complexity index is 729. The van der Waals surface area contributed by atoms with Crippen LogP contribution in [0.5, 0.6) is 0 Å². The number of carbonyl (C=O) groups is 1. The lowest BCUT2D eigenvalue weighted by Gasteiger charge is -2.27. The van der Waals surface area contributed by atoms with Crippen molar-refractivity contribution in [2.24, 2.45) is 0 Å². The first-order valence-corrected chi connectivity index (χ1v) is 7.51. The molecule has 0 radical (unpaired) electrons. The molecular weight excluding hydrogens is 304 g/mol. The zero-order valence-corrected chi connectivity index (χ0v) is 13.3. The molecule has 2 aromatic rings. The van der Waals surface area contributed by atoms with Gasteiger partial charge in [-0.15, -0.1) is 5.10 Å². The Morgan fingerprint density at radius 3 is 2.68 bits per heavy atom. The van der Waals surface area contributed by atoms with Gasteiger partial charge in [-0.05, 0) is 19.1 Å². The molecule has 1 amide bonds. The topological polar surface area (TPSA) is 67.4 Å². The van der Waals surface area contributed by atoms with Crippen molar-refractivity contribution in [3.8, 4) is 0 Å². The Morgan fingerprint density at radius 2 is 2.00 bits per heavy atom. The molecule has 0 unspecified atom stereocenters. The van der Waals surface area contributed by atoms with Crippen molar-refractivity contribution in [1.82, 2.24) is 15.1 Å². The van der Waals surface area contributed by atoms with Gasteiger partial charge in [-0.1, -0.05) is 11.6 Å². The molecule has 1 aromatic carbocycles. The van der Waals surface area contributed by atoms with E-state index in [0.29, 0.717) is 37.0 Å². The van der Waals surface area contributed by atoms with E-state index in [9.17, 15) is 4.79 Å². The first-order valence-electron chi connectivity index (χ1n) is 7.13.